The van der Waals surface area contributed by atoms with Crippen molar-refractivity contribution in [2.24, 2.45) is 0 Å². The van der Waals surface area contributed by atoms with E-state index in [2.05, 4.69) is 26.1 Å². The minimum absolute atomic E-state index is 0.209. The molecule has 0 unspecified atom stereocenters. The Kier molecular flexibility index (Phi) is 3.76. The van der Waals surface area contributed by atoms with Crippen molar-refractivity contribution >= 4 is 15.9 Å². The first-order chi connectivity index (χ1) is 9.63. The topological polar surface area (TPSA) is 68.4 Å². The van der Waals surface area contributed by atoms with Crippen LogP contribution in [0, 0.1) is 0 Å². The molecular weight excluding hydrogens is 324 g/mol. The number of nitrogens with zero attached hydrogens (tertiary/aromatic N) is 2. The predicted molar refractivity (Wildman–Crippen MR) is 75.4 cm³/mol. The first-order valence-corrected chi connectivity index (χ1v) is 7.35. The number of rotatable bonds is 5. The van der Waals surface area contributed by atoms with E-state index in [0.717, 1.165) is 28.7 Å². The maximum Gasteiger partial charge on any atom is 0.264 e. The molecule has 0 spiro atoms. The molecule has 1 aromatic carbocycles. The molecular formula is C14H15BrN2O3. The summed E-state index contributed by atoms with van der Waals surface area (Å²) in [7, 11) is 0. The average Bonchev–Trinajstić information content (AvgIpc) is 3.17. The third-order valence-electron chi connectivity index (χ3n) is 3.20. The van der Waals surface area contributed by atoms with Gasteiger partial charge in [0.05, 0.1) is 6.10 Å². The fraction of sp³-hybridized carbons (Fsp3) is 0.429. The Labute approximate surface area is 125 Å². The molecule has 1 aliphatic carbocycles. The molecule has 5 nitrogen and oxygen atoms in total. The van der Waals surface area contributed by atoms with Gasteiger partial charge in [0.25, 0.3) is 5.89 Å². The van der Waals surface area contributed by atoms with Crippen molar-refractivity contribution in [2.45, 2.75) is 38.4 Å². The number of halogens is 1. The highest BCUT2D eigenvalue weighted by Crippen LogP contribution is 2.38. The van der Waals surface area contributed by atoms with Gasteiger partial charge in [-0.25, -0.2) is 0 Å². The number of ether oxygens (including phenoxy) is 1. The molecule has 0 bridgehead atoms. The summed E-state index contributed by atoms with van der Waals surface area (Å²) in [6, 6.07) is 5.51. The van der Waals surface area contributed by atoms with Crippen molar-refractivity contribution in [2.75, 3.05) is 0 Å². The maximum atomic E-state index is 9.76. The normalized spacial score (nSPS) is 16.1. The second-order valence-corrected chi connectivity index (χ2v) is 5.88. The van der Waals surface area contributed by atoms with Gasteiger partial charge < -0.3 is 14.4 Å². The summed E-state index contributed by atoms with van der Waals surface area (Å²) in [5, 5.41) is 13.7. The number of aliphatic hydroxyl groups excluding tert-OH is 1. The van der Waals surface area contributed by atoms with E-state index in [-0.39, 0.29) is 6.61 Å². The molecule has 0 aliphatic heterocycles. The van der Waals surface area contributed by atoms with Gasteiger partial charge in [0.2, 0.25) is 0 Å². The van der Waals surface area contributed by atoms with E-state index in [1.165, 1.54) is 0 Å². The van der Waals surface area contributed by atoms with Gasteiger partial charge in [0, 0.05) is 16.0 Å². The lowest BCUT2D eigenvalue weighted by Crippen LogP contribution is -2.01. The molecule has 106 valence electrons. The van der Waals surface area contributed by atoms with Gasteiger partial charge in [-0.3, -0.25) is 0 Å². The average molecular weight is 339 g/mol. The molecule has 1 atom stereocenters. The van der Waals surface area contributed by atoms with Gasteiger partial charge in [-0.2, -0.15) is 4.98 Å². The third kappa shape index (κ3) is 3.02. The standard InChI is InChI=1S/C14H15BrN2O3/c1-8(18)11-6-10(15)4-5-12(11)19-7-13-16-14(17-20-13)9-2-3-9/h4-6,8-9,18H,2-3,7H2,1H3/t8-/m0/s1. The number of hydrogen-bond acceptors (Lipinski definition) is 5. The molecule has 0 saturated heterocycles. The Morgan fingerprint density at radius 1 is 1.50 bits per heavy atom. The van der Waals surface area contributed by atoms with Crippen LogP contribution in [0.2, 0.25) is 0 Å². The van der Waals surface area contributed by atoms with Crippen LogP contribution in [0.5, 0.6) is 5.75 Å². The summed E-state index contributed by atoms with van der Waals surface area (Å²) in [5.74, 6) is 2.32. The molecule has 1 saturated carbocycles. The lowest BCUT2D eigenvalue weighted by molar-refractivity contribution is 0.185. The summed E-state index contributed by atoms with van der Waals surface area (Å²) < 4.78 is 11.7. The van der Waals surface area contributed by atoms with E-state index < -0.39 is 6.10 Å². The molecule has 1 fully saturated rings. The van der Waals surface area contributed by atoms with E-state index in [1.807, 2.05) is 18.2 Å². The molecule has 3 rings (SSSR count). The summed E-state index contributed by atoms with van der Waals surface area (Å²) in [6.07, 6.45) is 1.67. The van der Waals surface area contributed by atoms with Crippen LogP contribution in [0.25, 0.3) is 0 Å². The molecule has 0 amide bonds. The van der Waals surface area contributed by atoms with E-state index in [1.54, 1.807) is 6.92 Å². The predicted octanol–water partition coefficient (Wildman–Crippen LogP) is 3.34. The molecule has 6 heteroatoms. The van der Waals surface area contributed by atoms with E-state index in [0.29, 0.717) is 17.6 Å². The Morgan fingerprint density at radius 2 is 2.30 bits per heavy atom. The highest BCUT2D eigenvalue weighted by molar-refractivity contribution is 9.10. The highest BCUT2D eigenvalue weighted by atomic mass is 79.9. The minimum atomic E-state index is -0.604. The largest absolute Gasteiger partial charge is 0.483 e. The Balaban J connectivity index is 1.70. The number of hydrogen-bond donors (Lipinski definition) is 1. The number of aromatic nitrogens is 2. The van der Waals surface area contributed by atoms with Crippen molar-refractivity contribution < 1.29 is 14.4 Å². The maximum absolute atomic E-state index is 9.76. The van der Waals surface area contributed by atoms with E-state index in [4.69, 9.17) is 9.26 Å². The van der Waals surface area contributed by atoms with Crippen LogP contribution in [0.4, 0.5) is 0 Å². The number of aliphatic hydroxyl groups is 1. The SMILES string of the molecule is C[C@H](O)c1cc(Br)ccc1OCc1nc(C2CC2)no1. The van der Waals surface area contributed by atoms with Gasteiger partial charge in [-0.15, -0.1) is 0 Å². The van der Waals surface area contributed by atoms with Gasteiger partial charge in [0.15, 0.2) is 12.4 Å². The third-order valence-corrected chi connectivity index (χ3v) is 3.69. The summed E-state index contributed by atoms with van der Waals surface area (Å²) in [5.41, 5.74) is 0.723. The molecule has 2 aromatic rings. The first-order valence-electron chi connectivity index (χ1n) is 6.56. The molecule has 1 heterocycles. The zero-order valence-electron chi connectivity index (χ0n) is 11.0. The molecule has 1 aliphatic rings. The van der Waals surface area contributed by atoms with Crippen LogP contribution in [0.15, 0.2) is 27.2 Å². The van der Waals surface area contributed by atoms with E-state index in [9.17, 15) is 5.11 Å². The fourth-order valence-corrected chi connectivity index (χ4v) is 2.33. The van der Waals surface area contributed by atoms with Crippen LogP contribution in [-0.4, -0.2) is 15.2 Å². The molecule has 1 aromatic heterocycles. The summed E-state index contributed by atoms with van der Waals surface area (Å²) in [4.78, 5) is 4.30. The monoisotopic (exact) mass is 338 g/mol. The minimum Gasteiger partial charge on any atom is -0.483 e. The van der Waals surface area contributed by atoms with Crippen LogP contribution in [-0.2, 0) is 6.61 Å². The van der Waals surface area contributed by atoms with Crippen LogP contribution >= 0.6 is 15.9 Å². The van der Waals surface area contributed by atoms with Crippen LogP contribution in [0.3, 0.4) is 0 Å². The second kappa shape index (κ2) is 5.54. The van der Waals surface area contributed by atoms with Crippen LogP contribution < -0.4 is 4.74 Å². The van der Waals surface area contributed by atoms with Gasteiger partial charge >= 0.3 is 0 Å². The van der Waals surface area contributed by atoms with Crippen molar-refractivity contribution in [3.05, 3.63) is 40.0 Å². The quantitative estimate of drug-likeness (QED) is 0.905. The smallest absolute Gasteiger partial charge is 0.264 e. The molecule has 0 radical (unpaired) electrons. The van der Waals surface area contributed by atoms with E-state index >= 15 is 0 Å². The summed E-state index contributed by atoms with van der Waals surface area (Å²) >= 11 is 3.38. The molecule has 20 heavy (non-hydrogen) atoms. The zero-order chi connectivity index (χ0) is 14.1. The number of benzene rings is 1. The van der Waals surface area contributed by atoms with Gasteiger partial charge in [0.1, 0.15) is 5.75 Å². The van der Waals surface area contributed by atoms with Crippen LogP contribution in [0.1, 0.15) is 49.1 Å². The molecule has 1 N–H and O–H groups in total. The van der Waals surface area contributed by atoms with Crippen molar-refractivity contribution in [1.82, 2.24) is 10.1 Å². The van der Waals surface area contributed by atoms with Crippen molar-refractivity contribution in [3.63, 3.8) is 0 Å². The first kappa shape index (κ1) is 13.6. The van der Waals surface area contributed by atoms with Gasteiger partial charge in [-0.05, 0) is 38.0 Å². The summed E-state index contributed by atoms with van der Waals surface area (Å²) in [6.45, 7) is 1.91. The highest BCUT2D eigenvalue weighted by Gasteiger charge is 2.28. The zero-order valence-corrected chi connectivity index (χ0v) is 12.6. The second-order valence-electron chi connectivity index (χ2n) is 4.97. The lowest BCUT2D eigenvalue weighted by Gasteiger charge is -2.12. The van der Waals surface area contributed by atoms with Crippen molar-refractivity contribution in [3.8, 4) is 5.75 Å². The Morgan fingerprint density at radius 3 is 3.00 bits per heavy atom. The Hall–Kier alpha value is -1.40. The lowest BCUT2D eigenvalue weighted by atomic mass is 10.1. The fourth-order valence-electron chi connectivity index (χ4n) is 1.95. The Bertz CT molecular complexity index is 608. The van der Waals surface area contributed by atoms with Gasteiger partial charge in [-0.1, -0.05) is 21.1 Å². The van der Waals surface area contributed by atoms with Crippen molar-refractivity contribution in [1.29, 1.82) is 0 Å².